The second-order valence-corrected chi connectivity index (χ2v) is 9.06. The summed E-state index contributed by atoms with van der Waals surface area (Å²) in [6.07, 6.45) is 6.88. The minimum absolute atomic E-state index is 0.132. The Balaban J connectivity index is 1.58. The zero-order valence-electron chi connectivity index (χ0n) is 13.4. The van der Waals surface area contributed by atoms with E-state index in [9.17, 15) is 13.2 Å². The lowest BCUT2D eigenvalue weighted by atomic mass is 10.0. The van der Waals surface area contributed by atoms with E-state index in [2.05, 4.69) is 28.1 Å². The van der Waals surface area contributed by atoms with E-state index in [4.69, 9.17) is 0 Å². The third kappa shape index (κ3) is 3.90. The molecule has 0 bridgehead atoms. The average molecular weight is 413 g/mol. The van der Waals surface area contributed by atoms with Crippen molar-refractivity contribution in [3.63, 3.8) is 0 Å². The van der Waals surface area contributed by atoms with Crippen molar-refractivity contribution in [3.05, 3.63) is 40.9 Å². The van der Waals surface area contributed by atoms with E-state index in [-0.39, 0.29) is 5.91 Å². The van der Waals surface area contributed by atoms with Gasteiger partial charge in [0.05, 0.1) is 4.90 Å². The van der Waals surface area contributed by atoms with Crippen LogP contribution in [0, 0.1) is 5.92 Å². The lowest BCUT2D eigenvalue weighted by Crippen LogP contribution is -2.50. The number of hydrogen-bond donors (Lipinski definition) is 0. The number of hydrogen-bond acceptors (Lipinski definition) is 3. The first-order chi connectivity index (χ1) is 11.5. The number of benzene rings is 1. The maximum absolute atomic E-state index is 12.7. The van der Waals surface area contributed by atoms with E-state index < -0.39 is 10.0 Å². The lowest BCUT2D eigenvalue weighted by Gasteiger charge is -2.34. The van der Waals surface area contributed by atoms with Crippen LogP contribution in [0.25, 0.3) is 0 Å². The van der Waals surface area contributed by atoms with E-state index in [1.54, 1.807) is 29.2 Å². The maximum Gasteiger partial charge on any atom is 0.243 e. The highest BCUT2D eigenvalue weighted by molar-refractivity contribution is 9.10. The smallest absolute Gasteiger partial charge is 0.243 e. The molecule has 5 nitrogen and oxygen atoms in total. The van der Waals surface area contributed by atoms with Crippen LogP contribution < -0.4 is 0 Å². The Hall–Kier alpha value is -1.18. The second kappa shape index (κ2) is 7.37. The van der Waals surface area contributed by atoms with Crippen molar-refractivity contribution < 1.29 is 13.2 Å². The second-order valence-electron chi connectivity index (χ2n) is 6.21. The average Bonchev–Trinajstić information content (AvgIpc) is 3.08. The van der Waals surface area contributed by atoms with Crippen LogP contribution in [0.15, 0.2) is 45.8 Å². The van der Waals surface area contributed by atoms with Crippen molar-refractivity contribution in [2.45, 2.75) is 24.2 Å². The number of allylic oxidation sites excluding steroid dienone is 2. The van der Waals surface area contributed by atoms with Crippen molar-refractivity contribution in [1.29, 1.82) is 0 Å². The van der Waals surface area contributed by atoms with Crippen LogP contribution in [-0.4, -0.2) is 49.7 Å². The third-order valence-corrected chi connectivity index (χ3v) is 7.03. The molecule has 0 aromatic heterocycles. The summed E-state index contributed by atoms with van der Waals surface area (Å²) in [4.78, 5) is 14.4. The number of rotatable bonds is 4. The first-order valence-corrected chi connectivity index (χ1v) is 10.4. The Kier molecular flexibility index (Phi) is 5.42. The van der Waals surface area contributed by atoms with Crippen LogP contribution >= 0.6 is 15.9 Å². The van der Waals surface area contributed by atoms with Gasteiger partial charge in [-0.05, 0) is 43.0 Å². The summed E-state index contributed by atoms with van der Waals surface area (Å²) >= 11 is 3.31. The molecule has 1 heterocycles. The van der Waals surface area contributed by atoms with Gasteiger partial charge in [0.2, 0.25) is 15.9 Å². The molecule has 2 aliphatic rings. The first-order valence-electron chi connectivity index (χ1n) is 8.17. The predicted molar refractivity (Wildman–Crippen MR) is 96.0 cm³/mol. The highest BCUT2D eigenvalue weighted by Crippen LogP contribution is 2.23. The molecular formula is C17H21BrN2O3S. The molecule has 0 radical (unpaired) electrons. The van der Waals surface area contributed by atoms with Crippen LogP contribution in [0.1, 0.15) is 19.3 Å². The van der Waals surface area contributed by atoms with Crippen LogP contribution in [0.4, 0.5) is 0 Å². The molecule has 0 N–H and O–H groups in total. The fraction of sp³-hybridized carbons (Fsp3) is 0.471. The van der Waals surface area contributed by atoms with E-state index in [0.717, 1.165) is 17.3 Å². The highest BCUT2D eigenvalue weighted by Gasteiger charge is 2.30. The van der Waals surface area contributed by atoms with E-state index in [1.807, 2.05) is 0 Å². The summed E-state index contributed by atoms with van der Waals surface area (Å²) in [5.74, 6) is 0.481. The molecule has 0 saturated carbocycles. The van der Waals surface area contributed by atoms with Crippen LogP contribution in [0.2, 0.25) is 0 Å². The maximum atomic E-state index is 12.7. The molecule has 1 atom stereocenters. The molecule has 1 aliphatic heterocycles. The van der Waals surface area contributed by atoms with Gasteiger partial charge in [0.15, 0.2) is 0 Å². The molecule has 1 aromatic carbocycles. The quantitative estimate of drug-likeness (QED) is 0.714. The van der Waals surface area contributed by atoms with E-state index in [1.165, 1.54) is 4.31 Å². The number of carbonyl (C=O) groups is 1. The first kappa shape index (κ1) is 17.6. The SMILES string of the molecule is O=C(C[C@@H]1C=CCC1)N1CCN(S(=O)(=O)c2ccc(Br)cc2)CC1. The Bertz CT molecular complexity index is 723. The minimum atomic E-state index is -3.49. The normalized spacial score (nSPS) is 22.0. The van der Waals surface area contributed by atoms with Crippen molar-refractivity contribution in [2.24, 2.45) is 5.92 Å². The number of sulfonamides is 1. The fourth-order valence-electron chi connectivity index (χ4n) is 3.15. The van der Waals surface area contributed by atoms with E-state index >= 15 is 0 Å². The molecule has 3 rings (SSSR count). The summed E-state index contributed by atoms with van der Waals surface area (Å²) in [6.45, 7) is 1.63. The van der Waals surface area contributed by atoms with Gasteiger partial charge in [-0.3, -0.25) is 4.79 Å². The zero-order valence-corrected chi connectivity index (χ0v) is 15.8. The van der Waals surface area contributed by atoms with Crippen LogP contribution in [0.3, 0.4) is 0 Å². The molecule has 1 saturated heterocycles. The summed E-state index contributed by atoms with van der Waals surface area (Å²) in [5, 5.41) is 0. The van der Waals surface area contributed by atoms with Crippen molar-refractivity contribution >= 4 is 31.9 Å². The summed E-state index contributed by atoms with van der Waals surface area (Å²) in [6, 6.07) is 6.65. The van der Waals surface area contributed by atoms with Gasteiger partial charge in [-0.1, -0.05) is 28.1 Å². The number of amides is 1. The Morgan fingerprint density at radius 2 is 1.79 bits per heavy atom. The Morgan fingerprint density at radius 3 is 2.38 bits per heavy atom. The predicted octanol–water partition coefficient (Wildman–Crippen LogP) is 2.64. The van der Waals surface area contributed by atoms with Gasteiger partial charge in [-0.2, -0.15) is 4.31 Å². The van der Waals surface area contributed by atoms with Gasteiger partial charge in [0.25, 0.3) is 0 Å². The molecule has 0 unspecified atom stereocenters. The standard InChI is InChI=1S/C17H21BrN2O3S/c18-15-5-7-16(8-6-15)24(22,23)20-11-9-19(10-12-20)17(21)13-14-3-1-2-4-14/h1,3,5-8,14H,2,4,9-13H2/t14-/m1/s1. The molecule has 24 heavy (non-hydrogen) atoms. The Labute approximate surface area is 151 Å². The monoisotopic (exact) mass is 412 g/mol. The molecule has 130 valence electrons. The van der Waals surface area contributed by atoms with Gasteiger partial charge in [-0.25, -0.2) is 8.42 Å². The molecule has 1 aromatic rings. The largest absolute Gasteiger partial charge is 0.340 e. The van der Waals surface area contributed by atoms with Gasteiger partial charge in [0, 0.05) is 37.1 Å². The third-order valence-electron chi connectivity index (χ3n) is 4.59. The van der Waals surface area contributed by atoms with E-state index in [0.29, 0.717) is 43.4 Å². The van der Waals surface area contributed by atoms with Gasteiger partial charge in [0.1, 0.15) is 0 Å². The molecular weight excluding hydrogens is 392 g/mol. The topological polar surface area (TPSA) is 57.7 Å². The highest BCUT2D eigenvalue weighted by atomic mass is 79.9. The molecule has 7 heteroatoms. The van der Waals surface area contributed by atoms with Crippen molar-refractivity contribution in [3.8, 4) is 0 Å². The van der Waals surface area contributed by atoms with Crippen LogP contribution in [-0.2, 0) is 14.8 Å². The molecule has 1 aliphatic carbocycles. The molecule has 0 spiro atoms. The van der Waals surface area contributed by atoms with Crippen molar-refractivity contribution in [2.75, 3.05) is 26.2 Å². The van der Waals surface area contributed by atoms with Gasteiger partial charge < -0.3 is 4.90 Å². The lowest BCUT2D eigenvalue weighted by molar-refractivity contribution is -0.133. The zero-order chi connectivity index (χ0) is 17.2. The van der Waals surface area contributed by atoms with Gasteiger partial charge in [-0.15, -0.1) is 0 Å². The molecule has 1 amide bonds. The number of nitrogens with zero attached hydrogens (tertiary/aromatic N) is 2. The minimum Gasteiger partial charge on any atom is -0.340 e. The summed E-state index contributed by atoms with van der Waals surface area (Å²) in [7, 11) is -3.49. The number of halogens is 1. The van der Waals surface area contributed by atoms with Crippen molar-refractivity contribution in [1.82, 2.24) is 9.21 Å². The molecule has 1 fully saturated rings. The summed E-state index contributed by atoms with van der Waals surface area (Å²) < 4.78 is 27.6. The fourth-order valence-corrected chi connectivity index (χ4v) is 4.84. The van der Waals surface area contributed by atoms with Gasteiger partial charge >= 0.3 is 0 Å². The Morgan fingerprint density at radius 1 is 1.12 bits per heavy atom. The number of carbonyl (C=O) groups excluding carboxylic acids is 1. The van der Waals surface area contributed by atoms with Crippen LogP contribution in [0.5, 0.6) is 0 Å². The number of piperazine rings is 1. The summed E-state index contributed by atoms with van der Waals surface area (Å²) in [5.41, 5.74) is 0.